The molecule has 0 aliphatic carbocycles. The normalized spacial score (nSPS) is 10.9. The van der Waals surface area contributed by atoms with Gasteiger partial charge in [-0.2, -0.15) is 0 Å². The molecule has 0 bridgehead atoms. The summed E-state index contributed by atoms with van der Waals surface area (Å²) in [6, 6.07) is 6.19. The van der Waals surface area contributed by atoms with Gasteiger partial charge in [0.2, 0.25) is 0 Å². The highest BCUT2D eigenvalue weighted by molar-refractivity contribution is 7.99. The molecule has 0 amide bonds. The number of pyridine rings is 1. The summed E-state index contributed by atoms with van der Waals surface area (Å²) < 4.78 is 0. The molecule has 1 aromatic heterocycles. The van der Waals surface area contributed by atoms with E-state index in [1.807, 2.05) is 24.0 Å². The van der Waals surface area contributed by atoms with Gasteiger partial charge in [-0.3, -0.25) is 4.98 Å². The molecule has 3 heteroatoms. The van der Waals surface area contributed by atoms with E-state index in [0.29, 0.717) is 0 Å². The van der Waals surface area contributed by atoms with Crippen molar-refractivity contribution in [3.05, 3.63) is 30.6 Å². The molecular formula is C14H18N2S. The zero-order valence-corrected chi connectivity index (χ0v) is 11.0. The van der Waals surface area contributed by atoms with Crippen molar-refractivity contribution in [3.63, 3.8) is 0 Å². The van der Waals surface area contributed by atoms with E-state index >= 15 is 0 Å². The van der Waals surface area contributed by atoms with E-state index in [4.69, 9.17) is 5.73 Å². The molecular weight excluding hydrogens is 228 g/mol. The number of fused-ring (bicyclic) bond motifs is 1. The second-order valence-corrected chi connectivity index (χ2v) is 5.27. The molecule has 2 N–H and O–H groups in total. The van der Waals surface area contributed by atoms with Gasteiger partial charge in [0.05, 0.1) is 5.69 Å². The largest absolute Gasteiger partial charge is 0.397 e. The Balaban J connectivity index is 2.15. The number of hydrogen-bond donors (Lipinski definition) is 1. The summed E-state index contributed by atoms with van der Waals surface area (Å²) in [4.78, 5) is 5.30. The van der Waals surface area contributed by atoms with E-state index in [1.165, 1.54) is 24.2 Å². The van der Waals surface area contributed by atoms with Gasteiger partial charge >= 0.3 is 0 Å². The Morgan fingerprint density at radius 3 is 2.94 bits per heavy atom. The summed E-state index contributed by atoms with van der Waals surface area (Å²) in [7, 11) is 0. The predicted octanol–water partition coefficient (Wildman–Crippen LogP) is 4.10. The van der Waals surface area contributed by atoms with Gasteiger partial charge in [-0.25, -0.2) is 0 Å². The predicted molar refractivity (Wildman–Crippen MR) is 76.4 cm³/mol. The van der Waals surface area contributed by atoms with Gasteiger partial charge in [0, 0.05) is 28.1 Å². The van der Waals surface area contributed by atoms with Gasteiger partial charge in [-0.1, -0.05) is 25.8 Å². The highest BCUT2D eigenvalue weighted by Crippen LogP contribution is 2.31. The molecule has 90 valence electrons. The molecule has 0 atom stereocenters. The minimum absolute atomic E-state index is 0.895. The molecule has 0 aliphatic rings. The van der Waals surface area contributed by atoms with Gasteiger partial charge < -0.3 is 5.73 Å². The maximum atomic E-state index is 6.19. The van der Waals surface area contributed by atoms with Crippen LogP contribution in [0.2, 0.25) is 0 Å². The lowest BCUT2D eigenvalue weighted by atomic mass is 10.1. The van der Waals surface area contributed by atoms with Crippen LogP contribution in [0.15, 0.2) is 35.5 Å². The first-order valence-corrected chi connectivity index (χ1v) is 7.06. The summed E-state index contributed by atoms with van der Waals surface area (Å²) in [5.74, 6) is 1.15. The van der Waals surface area contributed by atoms with E-state index in [1.54, 1.807) is 6.20 Å². The third kappa shape index (κ3) is 2.91. The van der Waals surface area contributed by atoms with Gasteiger partial charge in [0.1, 0.15) is 0 Å². The molecule has 2 nitrogen and oxygen atoms in total. The fourth-order valence-corrected chi connectivity index (χ4v) is 2.83. The lowest BCUT2D eigenvalue weighted by molar-refractivity contribution is 0.778. The molecule has 2 aromatic rings. The Hall–Kier alpha value is -1.22. The first kappa shape index (κ1) is 12.2. The van der Waals surface area contributed by atoms with Crippen LogP contribution in [-0.4, -0.2) is 10.7 Å². The fourth-order valence-electron chi connectivity index (χ4n) is 1.83. The first-order valence-electron chi connectivity index (χ1n) is 6.08. The molecule has 1 heterocycles. The van der Waals surface area contributed by atoms with E-state index in [-0.39, 0.29) is 0 Å². The summed E-state index contributed by atoms with van der Waals surface area (Å²) in [6.45, 7) is 2.22. The number of hydrogen-bond acceptors (Lipinski definition) is 3. The quantitative estimate of drug-likeness (QED) is 0.490. The van der Waals surface area contributed by atoms with Crippen LogP contribution in [-0.2, 0) is 0 Å². The second kappa shape index (κ2) is 5.92. The Morgan fingerprint density at radius 2 is 2.12 bits per heavy atom. The number of unbranched alkanes of at least 4 members (excludes halogenated alkanes) is 2. The van der Waals surface area contributed by atoms with Gasteiger partial charge in [-0.15, -0.1) is 11.8 Å². The molecule has 0 saturated heterocycles. The second-order valence-electron chi connectivity index (χ2n) is 4.13. The highest BCUT2D eigenvalue weighted by atomic mass is 32.2. The minimum atomic E-state index is 0.895. The summed E-state index contributed by atoms with van der Waals surface area (Å²) in [5, 5.41) is 2.23. The third-order valence-electron chi connectivity index (χ3n) is 2.83. The standard InChI is InChI=1S/C14H18N2S/c1-2-3-4-9-17-13-6-5-11-10-16-8-7-12(11)14(13)15/h5-8,10H,2-4,9,15H2,1H3. The van der Waals surface area contributed by atoms with Crippen molar-refractivity contribution in [3.8, 4) is 0 Å². The SMILES string of the molecule is CCCCCSc1ccc2cnccc2c1N. The zero-order valence-electron chi connectivity index (χ0n) is 10.1. The third-order valence-corrected chi connectivity index (χ3v) is 3.99. The van der Waals surface area contributed by atoms with Crippen LogP contribution in [0.3, 0.4) is 0 Å². The van der Waals surface area contributed by atoms with Crippen LogP contribution in [0, 0.1) is 0 Å². The van der Waals surface area contributed by atoms with Crippen molar-refractivity contribution in [2.45, 2.75) is 31.1 Å². The minimum Gasteiger partial charge on any atom is -0.397 e. The summed E-state index contributed by atoms with van der Waals surface area (Å²) >= 11 is 1.86. The number of rotatable bonds is 5. The summed E-state index contributed by atoms with van der Waals surface area (Å²) in [6.07, 6.45) is 7.47. The molecule has 2 rings (SSSR count). The molecule has 0 unspecified atom stereocenters. The molecule has 0 radical (unpaired) electrons. The Labute approximate surface area is 107 Å². The van der Waals surface area contributed by atoms with Crippen LogP contribution < -0.4 is 5.73 Å². The van der Waals surface area contributed by atoms with Crippen LogP contribution >= 0.6 is 11.8 Å². The maximum absolute atomic E-state index is 6.19. The number of nitrogen functional groups attached to an aromatic ring is 1. The Morgan fingerprint density at radius 1 is 1.24 bits per heavy atom. The first-order chi connectivity index (χ1) is 8.33. The number of anilines is 1. The van der Waals surface area contributed by atoms with Crippen molar-refractivity contribution < 1.29 is 0 Å². The van der Waals surface area contributed by atoms with Crippen LogP contribution in [0.4, 0.5) is 5.69 Å². The van der Waals surface area contributed by atoms with Crippen molar-refractivity contribution in [2.24, 2.45) is 0 Å². The number of nitrogens with two attached hydrogens (primary N) is 1. The number of nitrogens with zero attached hydrogens (tertiary/aromatic N) is 1. The van der Waals surface area contributed by atoms with Gasteiger partial charge in [0.25, 0.3) is 0 Å². The van der Waals surface area contributed by atoms with Gasteiger partial charge in [-0.05, 0) is 24.3 Å². The number of benzene rings is 1. The zero-order chi connectivity index (χ0) is 12.1. The molecule has 1 aromatic carbocycles. The van der Waals surface area contributed by atoms with Crippen molar-refractivity contribution in [2.75, 3.05) is 11.5 Å². The van der Waals surface area contributed by atoms with Crippen molar-refractivity contribution in [1.29, 1.82) is 0 Å². The van der Waals surface area contributed by atoms with Crippen LogP contribution in [0.5, 0.6) is 0 Å². The van der Waals surface area contributed by atoms with E-state index < -0.39 is 0 Å². The Bertz CT molecular complexity index is 497. The summed E-state index contributed by atoms with van der Waals surface area (Å²) in [5.41, 5.74) is 7.08. The van der Waals surface area contributed by atoms with Crippen LogP contribution in [0.1, 0.15) is 26.2 Å². The monoisotopic (exact) mass is 246 g/mol. The van der Waals surface area contributed by atoms with E-state index in [0.717, 1.165) is 22.2 Å². The topological polar surface area (TPSA) is 38.9 Å². The van der Waals surface area contributed by atoms with Crippen molar-refractivity contribution in [1.82, 2.24) is 4.98 Å². The van der Waals surface area contributed by atoms with E-state index in [2.05, 4.69) is 24.0 Å². The van der Waals surface area contributed by atoms with E-state index in [9.17, 15) is 0 Å². The maximum Gasteiger partial charge on any atom is 0.0533 e. The number of thioether (sulfide) groups is 1. The Kier molecular flexibility index (Phi) is 4.26. The van der Waals surface area contributed by atoms with Crippen molar-refractivity contribution >= 4 is 28.2 Å². The molecule has 17 heavy (non-hydrogen) atoms. The lowest BCUT2D eigenvalue weighted by Gasteiger charge is -2.08. The average molecular weight is 246 g/mol. The smallest absolute Gasteiger partial charge is 0.0533 e. The number of aromatic nitrogens is 1. The molecule has 0 fully saturated rings. The molecule has 0 spiro atoms. The fraction of sp³-hybridized carbons (Fsp3) is 0.357. The molecule has 0 saturated carbocycles. The van der Waals surface area contributed by atoms with Gasteiger partial charge in [0.15, 0.2) is 0 Å². The highest BCUT2D eigenvalue weighted by Gasteiger charge is 2.04. The van der Waals surface area contributed by atoms with Crippen LogP contribution in [0.25, 0.3) is 10.8 Å². The average Bonchev–Trinajstić information content (AvgIpc) is 2.37. The lowest BCUT2D eigenvalue weighted by Crippen LogP contribution is -1.92. The molecule has 0 aliphatic heterocycles.